The van der Waals surface area contributed by atoms with Gasteiger partial charge in [-0.3, -0.25) is 14.4 Å². The van der Waals surface area contributed by atoms with Gasteiger partial charge in [-0.05, 0) is 25.7 Å². The molecule has 1 unspecified atom stereocenters. The average Bonchev–Trinajstić information content (AvgIpc) is 3.15. The Morgan fingerprint density at radius 1 is 0.870 bits per heavy atom. The maximum atomic E-state index is 12.6. The second-order valence-electron chi connectivity index (χ2n) is 6.57. The molecule has 3 saturated heterocycles. The molecule has 3 aliphatic rings. The van der Waals surface area contributed by atoms with Crippen LogP contribution < -0.4 is 0 Å². The van der Waals surface area contributed by atoms with Gasteiger partial charge >= 0.3 is 0 Å². The molecule has 7 heteroatoms. The second kappa shape index (κ2) is 7.29. The Balaban J connectivity index is 1.46. The highest BCUT2D eigenvalue weighted by molar-refractivity contribution is 5.82. The molecule has 0 N–H and O–H groups in total. The van der Waals surface area contributed by atoms with Gasteiger partial charge in [0.1, 0.15) is 6.10 Å². The van der Waals surface area contributed by atoms with E-state index in [4.69, 9.17) is 4.74 Å². The maximum Gasteiger partial charge on any atom is 0.251 e. The molecule has 3 rings (SSSR count). The van der Waals surface area contributed by atoms with E-state index in [2.05, 4.69) is 0 Å². The molecule has 3 amide bonds. The SMILES string of the molecule is O=CN1CCN(C(=O)C2CCN(C(=O)C3CCCO3)CC2)CC1. The summed E-state index contributed by atoms with van der Waals surface area (Å²) in [5, 5.41) is 0. The lowest BCUT2D eigenvalue weighted by Gasteiger charge is -2.38. The van der Waals surface area contributed by atoms with E-state index in [0.717, 1.165) is 32.1 Å². The fourth-order valence-corrected chi connectivity index (χ4v) is 3.63. The van der Waals surface area contributed by atoms with E-state index in [-0.39, 0.29) is 23.8 Å². The van der Waals surface area contributed by atoms with E-state index in [1.54, 1.807) is 4.90 Å². The summed E-state index contributed by atoms with van der Waals surface area (Å²) in [6.07, 6.45) is 3.81. The zero-order valence-corrected chi connectivity index (χ0v) is 13.5. The molecule has 0 saturated carbocycles. The molecule has 23 heavy (non-hydrogen) atoms. The summed E-state index contributed by atoms with van der Waals surface area (Å²) >= 11 is 0. The first-order valence-electron chi connectivity index (χ1n) is 8.57. The van der Waals surface area contributed by atoms with Crippen molar-refractivity contribution >= 4 is 18.2 Å². The Labute approximate surface area is 136 Å². The minimum atomic E-state index is -0.265. The molecule has 128 valence electrons. The zero-order valence-electron chi connectivity index (χ0n) is 13.5. The van der Waals surface area contributed by atoms with Gasteiger partial charge in [-0.2, -0.15) is 0 Å². The fraction of sp³-hybridized carbons (Fsp3) is 0.812. The standard InChI is InChI=1S/C16H25N3O4/c20-12-17-7-9-19(10-8-17)15(21)13-3-5-18(6-4-13)16(22)14-2-1-11-23-14/h12-14H,1-11H2. The molecule has 0 spiro atoms. The van der Waals surface area contributed by atoms with Gasteiger partial charge in [0.2, 0.25) is 12.3 Å². The lowest BCUT2D eigenvalue weighted by molar-refractivity contribution is -0.146. The Hall–Kier alpha value is -1.63. The smallest absolute Gasteiger partial charge is 0.251 e. The molecule has 7 nitrogen and oxygen atoms in total. The van der Waals surface area contributed by atoms with Crippen LogP contribution >= 0.6 is 0 Å². The number of likely N-dealkylation sites (tertiary alicyclic amines) is 1. The third-order valence-corrected chi connectivity index (χ3v) is 5.14. The Bertz CT molecular complexity index is 448. The lowest BCUT2D eigenvalue weighted by atomic mass is 9.94. The molecule has 3 aliphatic heterocycles. The van der Waals surface area contributed by atoms with Gasteiger partial charge in [0.25, 0.3) is 5.91 Å². The molecule has 0 radical (unpaired) electrons. The van der Waals surface area contributed by atoms with Gasteiger partial charge in [-0.15, -0.1) is 0 Å². The monoisotopic (exact) mass is 323 g/mol. The lowest BCUT2D eigenvalue weighted by Crippen LogP contribution is -2.52. The third kappa shape index (κ3) is 3.65. The number of nitrogens with zero attached hydrogens (tertiary/aromatic N) is 3. The molecule has 3 fully saturated rings. The van der Waals surface area contributed by atoms with Crippen LogP contribution in [0.4, 0.5) is 0 Å². The van der Waals surface area contributed by atoms with E-state index in [1.807, 2.05) is 9.80 Å². The molecule has 0 aromatic rings. The second-order valence-corrected chi connectivity index (χ2v) is 6.57. The summed E-state index contributed by atoms with van der Waals surface area (Å²) in [6, 6.07) is 0. The molecule has 0 aromatic carbocycles. The van der Waals surface area contributed by atoms with Gasteiger partial charge < -0.3 is 19.4 Å². The van der Waals surface area contributed by atoms with Gasteiger partial charge in [-0.1, -0.05) is 0 Å². The first-order valence-corrected chi connectivity index (χ1v) is 8.57. The Morgan fingerprint density at radius 3 is 2.09 bits per heavy atom. The molecular weight excluding hydrogens is 298 g/mol. The first kappa shape index (κ1) is 16.2. The molecule has 0 bridgehead atoms. The molecule has 3 heterocycles. The number of piperazine rings is 1. The van der Waals surface area contributed by atoms with E-state index < -0.39 is 0 Å². The normalized spacial score (nSPS) is 26.4. The number of carbonyl (C=O) groups is 3. The number of rotatable bonds is 3. The van der Waals surface area contributed by atoms with Crippen LogP contribution in [0.15, 0.2) is 0 Å². The van der Waals surface area contributed by atoms with Crippen molar-refractivity contribution in [3.8, 4) is 0 Å². The Kier molecular flexibility index (Phi) is 5.15. The van der Waals surface area contributed by atoms with Crippen LogP contribution in [0.1, 0.15) is 25.7 Å². The van der Waals surface area contributed by atoms with Crippen molar-refractivity contribution in [3.05, 3.63) is 0 Å². The quantitative estimate of drug-likeness (QED) is 0.669. The van der Waals surface area contributed by atoms with Crippen molar-refractivity contribution in [2.45, 2.75) is 31.8 Å². The predicted octanol–water partition coefficient (Wildman–Crippen LogP) is -0.295. The number of amides is 3. The summed E-state index contributed by atoms with van der Waals surface area (Å²) in [6.45, 7) is 4.43. The van der Waals surface area contributed by atoms with Crippen molar-refractivity contribution in [1.82, 2.24) is 14.7 Å². The van der Waals surface area contributed by atoms with Gasteiger partial charge in [0.15, 0.2) is 0 Å². The van der Waals surface area contributed by atoms with E-state index >= 15 is 0 Å². The number of hydrogen-bond acceptors (Lipinski definition) is 4. The van der Waals surface area contributed by atoms with Gasteiger partial charge in [0, 0.05) is 51.8 Å². The maximum absolute atomic E-state index is 12.6. The zero-order chi connectivity index (χ0) is 16.2. The van der Waals surface area contributed by atoms with E-state index in [0.29, 0.717) is 45.9 Å². The van der Waals surface area contributed by atoms with Crippen molar-refractivity contribution in [2.75, 3.05) is 45.9 Å². The summed E-state index contributed by atoms with van der Waals surface area (Å²) in [4.78, 5) is 41.0. The highest BCUT2D eigenvalue weighted by Gasteiger charge is 2.34. The fourth-order valence-electron chi connectivity index (χ4n) is 3.63. The van der Waals surface area contributed by atoms with Crippen LogP contribution in [0.2, 0.25) is 0 Å². The number of hydrogen-bond donors (Lipinski definition) is 0. The average molecular weight is 323 g/mol. The van der Waals surface area contributed by atoms with Crippen LogP contribution in [0.3, 0.4) is 0 Å². The summed E-state index contributed by atoms with van der Waals surface area (Å²) in [5.74, 6) is 0.277. The van der Waals surface area contributed by atoms with Crippen LogP contribution in [0.25, 0.3) is 0 Å². The Morgan fingerprint density at radius 2 is 1.52 bits per heavy atom. The minimum absolute atomic E-state index is 0.00586. The highest BCUT2D eigenvalue weighted by Crippen LogP contribution is 2.23. The number of ether oxygens (including phenoxy) is 1. The minimum Gasteiger partial charge on any atom is -0.368 e. The van der Waals surface area contributed by atoms with Crippen LogP contribution in [-0.4, -0.2) is 84.9 Å². The summed E-state index contributed by atoms with van der Waals surface area (Å²) in [7, 11) is 0. The van der Waals surface area contributed by atoms with Gasteiger partial charge in [0.05, 0.1) is 0 Å². The third-order valence-electron chi connectivity index (χ3n) is 5.14. The van der Waals surface area contributed by atoms with Crippen LogP contribution in [0, 0.1) is 5.92 Å². The molecule has 0 aliphatic carbocycles. The predicted molar refractivity (Wildman–Crippen MR) is 82.5 cm³/mol. The van der Waals surface area contributed by atoms with E-state index in [9.17, 15) is 14.4 Å². The van der Waals surface area contributed by atoms with Crippen molar-refractivity contribution in [2.24, 2.45) is 5.92 Å². The molecule has 0 aromatic heterocycles. The number of piperidine rings is 1. The van der Waals surface area contributed by atoms with E-state index in [1.165, 1.54) is 0 Å². The molecular formula is C16H25N3O4. The van der Waals surface area contributed by atoms with Crippen molar-refractivity contribution in [1.29, 1.82) is 0 Å². The number of carbonyl (C=O) groups excluding carboxylic acids is 3. The summed E-state index contributed by atoms with van der Waals surface area (Å²) < 4.78 is 5.46. The highest BCUT2D eigenvalue weighted by atomic mass is 16.5. The summed E-state index contributed by atoms with van der Waals surface area (Å²) in [5.41, 5.74) is 0. The van der Waals surface area contributed by atoms with Crippen LogP contribution in [-0.2, 0) is 19.1 Å². The van der Waals surface area contributed by atoms with Gasteiger partial charge in [-0.25, -0.2) is 0 Å². The topological polar surface area (TPSA) is 70.2 Å². The van der Waals surface area contributed by atoms with Crippen molar-refractivity contribution in [3.63, 3.8) is 0 Å². The molecule has 1 atom stereocenters. The van der Waals surface area contributed by atoms with Crippen LogP contribution in [0.5, 0.6) is 0 Å². The largest absolute Gasteiger partial charge is 0.368 e. The van der Waals surface area contributed by atoms with Crippen molar-refractivity contribution < 1.29 is 19.1 Å². The first-order chi connectivity index (χ1) is 11.2.